The first-order valence-corrected chi connectivity index (χ1v) is 7.11. The topological polar surface area (TPSA) is 61.6 Å². The van der Waals surface area contributed by atoms with Crippen LogP contribution in [0.2, 0.25) is 0 Å². The van der Waals surface area contributed by atoms with Gasteiger partial charge in [-0.15, -0.1) is 0 Å². The molecule has 2 heterocycles. The van der Waals surface area contributed by atoms with Crippen LogP contribution in [0, 0.1) is 5.92 Å². The highest BCUT2D eigenvalue weighted by molar-refractivity contribution is 5.81. The molecule has 2 rings (SSSR count). The second-order valence-corrected chi connectivity index (χ2v) is 5.86. The fourth-order valence-corrected chi connectivity index (χ4v) is 2.97. The molecule has 104 valence electrons. The van der Waals surface area contributed by atoms with Gasteiger partial charge in [0, 0.05) is 38.0 Å². The molecule has 2 aliphatic heterocycles. The number of hydrogen-bond acceptors (Lipinski definition) is 4. The van der Waals surface area contributed by atoms with Crippen LogP contribution < -0.4 is 5.73 Å². The highest BCUT2D eigenvalue weighted by Gasteiger charge is 2.42. The van der Waals surface area contributed by atoms with Crippen molar-refractivity contribution >= 4 is 5.78 Å². The average molecular weight is 255 g/mol. The quantitative estimate of drug-likeness (QED) is 0.811. The van der Waals surface area contributed by atoms with Crippen LogP contribution in [0.25, 0.3) is 0 Å². The van der Waals surface area contributed by atoms with Crippen LogP contribution >= 0.6 is 0 Å². The number of nitrogens with two attached hydrogens (primary N) is 1. The maximum absolute atomic E-state index is 12.2. The lowest BCUT2D eigenvalue weighted by Crippen LogP contribution is -2.42. The Kier molecular flexibility index (Phi) is 4.76. The van der Waals surface area contributed by atoms with Gasteiger partial charge >= 0.3 is 0 Å². The molecule has 4 nitrogen and oxygen atoms in total. The van der Waals surface area contributed by atoms with E-state index in [9.17, 15) is 4.79 Å². The SMILES string of the molecule is CC(N)CCCC(=O)C1CCOC2(CCOC2)C1. The first-order valence-electron chi connectivity index (χ1n) is 7.11. The number of carbonyl (C=O) groups excluding carboxylic acids is 1. The Morgan fingerprint density at radius 1 is 1.50 bits per heavy atom. The number of rotatable bonds is 5. The molecule has 0 amide bonds. The normalized spacial score (nSPS) is 33.8. The van der Waals surface area contributed by atoms with Crippen molar-refractivity contribution in [3.05, 3.63) is 0 Å². The molecule has 0 saturated carbocycles. The van der Waals surface area contributed by atoms with E-state index in [-0.39, 0.29) is 17.6 Å². The van der Waals surface area contributed by atoms with E-state index in [0.717, 1.165) is 38.7 Å². The van der Waals surface area contributed by atoms with Gasteiger partial charge in [-0.05, 0) is 32.6 Å². The minimum atomic E-state index is -0.153. The summed E-state index contributed by atoms with van der Waals surface area (Å²) in [4.78, 5) is 12.2. The van der Waals surface area contributed by atoms with E-state index in [1.807, 2.05) is 6.92 Å². The molecule has 2 saturated heterocycles. The van der Waals surface area contributed by atoms with E-state index >= 15 is 0 Å². The van der Waals surface area contributed by atoms with Gasteiger partial charge in [0.2, 0.25) is 0 Å². The Morgan fingerprint density at radius 3 is 3.00 bits per heavy atom. The third-order valence-corrected chi connectivity index (χ3v) is 4.10. The molecule has 0 aromatic carbocycles. The second-order valence-electron chi connectivity index (χ2n) is 5.86. The molecule has 2 aliphatic rings. The van der Waals surface area contributed by atoms with Gasteiger partial charge in [-0.3, -0.25) is 4.79 Å². The Hall–Kier alpha value is -0.450. The number of Topliss-reactive ketones (excluding diaryl/α,β-unsaturated/α-hetero) is 1. The fraction of sp³-hybridized carbons (Fsp3) is 0.929. The highest BCUT2D eigenvalue weighted by Crippen LogP contribution is 2.36. The summed E-state index contributed by atoms with van der Waals surface area (Å²) in [6.07, 6.45) is 5.18. The molecule has 0 aromatic rings. The van der Waals surface area contributed by atoms with Gasteiger partial charge < -0.3 is 15.2 Å². The smallest absolute Gasteiger partial charge is 0.136 e. The van der Waals surface area contributed by atoms with Gasteiger partial charge in [0.05, 0.1) is 12.2 Å². The van der Waals surface area contributed by atoms with Crippen molar-refractivity contribution in [1.82, 2.24) is 0 Å². The molecule has 0 aliphatic carbocycles. The molecule has 18 heavy (non-hydrogen) atoms. The summed E-state index contributed by atoms with van der Waals surface area (Å²) in [7, 11) is 0. The van der Waals surface area contributed by atoms with Gasteiger partial charge in [0.15, 0.2) is 0 Å². The minimum Gasteiger partial charge on any atom is -0.378 e. The highest BCUT2D eigenvalue weighted by atomic mass is 16.6. The molecule has 3 atom stereocenters. The van der Waals surface area contributed by atoms with E-state index in [1.54, 1.807) is 0 Å². The minimum absolute atomic E-state index is 0.153. The number of carbonyl (C=O) groups is 1. The lowest BCUT2D eigenvalue weighted by atomic mass is 9.81. The van der Waals surface area contributed by atoms with Gasteiger partial charge in [-0.2, -0.15) is 0 Å². The van der Waals surface area contributed by atoms with Crippen molar-refractivity contribution < 1.29 is 14.3 Å². The van der Waals surface area contributed by atoms with Gasteiger partial charge in [-0.1, -0.05) is 0 Å². The largest absolute Gasteiger partial charge is 0.378 e. The predicted molar refractivity (Wildman–Crippen MR) is 69.4 cm³/mol. The first kappa shape index (κ1) is 14.0. The van der Waals surface area contributed by atoms with Gasteiger partial charge in [-0.25, -0.2) is 0 Å². The molecule has 1 spiro atoms. The van der Waals surface area contributed by atoms with Crippen LogP contribution in [0.15, 0.2) is 0 Å². The zero-order chi connectivity index (χ0) is 13.0. The van der Waals surface area contributed by atoms with Crippen LogP contribution in [-0.4, -0.2) is 37.2 Å². The number of hydrogen-bond donors (Lipinski definition) is 1. The summed E-state index contributed by atoms with van der Waals surface area (Å²) in [6.45, 7) is 4.12. The molecule has 0 bridgehead atoms. The van der Waals surface area contributed by atoms with Crippen molar-refractivity contribution in [3.8, 4) is 0 Å². The fourth-order valence-electron chi connectivity index (χ4n) is 2.97. The average Bonchev–Trinajstić information content (AvgIpc) is 2.76. The summed E-state index contributed by atoms with van der Waals surface area (Å²) in [6, 6.07) is 0.196. The summed E-state index contributed by atoms with van der Waals surface area (Å²) in [5, 5.41) is 0. The number of ketones is 1. The number of ether oxygens (including phenoxy) is 2. The molecule has 4 heteroatoms. The maximum Gasteiger partial charge on any atom is 0.136 e. The molecule has 0 aromatic heterocycles. The van der Waals surface area contributed by atoms with Gasteiger partial charge in [0.25, 0.3) is 0 Å². The summed E-state index contributed by atoms with van der Waals surface area (Å²) in [5.74, 6) is 0.568. The Morgan fingerprint density at radius 2 is 2.33 bits per heavy atom. The summed E-state index contributed by atoms with van der Waals surface area (Å²) in [5.41, 5.74) is 5.55. The molecule has 2 fully saturated rings. The van der Waals surface area contributed by atoms with Crippen LogP contribution in [0.1, 0.15) is 45.4 Å². The Bertz CT molecular complexity index is 285. The van der Waals surface area contributed by atoms with Crippen molar-refractivity contribution in [3.63, 3.8) is 0 Å². The molecular formula is C14H25NO3. The predicted octanol–water partition coefficient (Wildman–Crippen LogP) is 1.66. The maximum atomic E-state index is 12.2. The zero-order valence-corrected chi connectivity index (χ0v) is 11.3. The second kappa shape index (κ2) is 6.13. The molecule has 2 N–H and O–H groups in total. The van der Waals surface area contributed by atoms with E-state index in [4.69, 9.17) is 15.2 Å². The van der Waals surface area contributed by atoms with Crippen LogP contribution in [0.5, 0.6) is 0 Å². The van der Waals surface area contributed by atoms with E-state index in [0.29, 0.717) is 25.4 Å². The Balaban J connectivity index is 1.79. The van der Waals surface area contributed by atoms with Crippen LogP contribution in [-0.2, 0) is 14.3 Å². The van der Waals surface area contributed by atoms with Gasteiger partial charge in [0.1, 0.15) is 5.78 Å². The third kappa shape index (κ3) is 3.53. The standard InChI is InChI=1S/C14H25NO3/c1-11(15)3-2-4-13(16)12-5-7-18-14(9-12)6-8-17-10-14/h11-12H,2-10,15H2,1H3. The van der Waals surface area contributed by atoms with Crippen molar-refractivity contribution in [2.24, 2.45) is 11.7 Å². The lowest BCUT2D eigenvalue weighted by Gasteiger charge is -2.36. The summed E-state index contributed by atoms with van der Waals surface area (Å²) >= 11 is 0. The molecular weight excluding hydrogens is 230 g/mol. The molecule has 0 radical (unpaired) electrons. The van der Waals surface area contributed by atoms with E-state index in [2.05, 4.69) is 0 Å². The van der Waals surface area contributed by atoms with Crippen molar-refractivity contribution in [1.29, 1.82) is 0 Å². The van der Waals surface area contributed by atoms with E-state index < -0.39 is 0 Å². The lowest BCUT2D eigenvalue weighted by molar-refractivity contribution is -0.137. The first-order chi connectivity index (χ1) is 8.61. The van der Waals surface area contributed by atoms with Crippen LogP contribution in [0.3, 0.4) is 0 Å². The summed E-state index contributed by atoms with van der Waals surface area (Å²) < 4.78 is 11.3. The van der Waals surface area contributed by atoms with E-state index in [1.165, 1.54) is 0 Å². The van der Waals surface area contributed by atoms with Crippen LogP contribution in [0.4, 0.5) is 0 Å². The van der Waals surface area contributed by atoms with Crippen molar-refractivity contribution in [2.45, 2.75) is 57.1 Å². The van der Waals surface area contributed by atoms with Crippen molar-refractivity contribution in [2.75, 3.05) is 19.8 Å². The zero-order valence-electron chi connectivity index (χ0n) is 11.3. The monoisotopic (exact) mass is 255 g/mol. The Labute approximate surface area is 109 Å². The third-order valence-electron chi connectivity index (χ3n) is 4.10. The molecule has 3 unspecified atom stereocenters.